The van der Waals surface area contributed by atoms with Gasteiger partial charge in [-0.25, -0.2) is 9.78 Å². The van der Waals surface area contributed by atoms with Crippen LogP contribution in [0.1, 0.15) is 20.8 Å². The number of aliphatic hydroxyl groups is 1. The molecule has 1 amide bonds. The number of alkyl carbamates (subject to hydrolysis) is 1. The third-order valence-corrected chi connectivity index (χ3v) is 3.72. The van der Waals surface area contributed by atoms with Crippen LogP contribution in [-0.4, -0.2) is 51.4 Å². The van der Waals surface area contributed by atoms with Gasteiger partial charge >= 0.3 is 6.09 Å². The summed E-state index contributed by atoms with van der Waals surface area (Å²) in [5.74, 6) is 0.796. The number of hydrogen-bond acceptors (Lipinski definition) is 5. The van der Waals surface area contributed by atoms with Crippen molar-refractivity contribution < 1.29 is 14.6 Å². The first-order valence-corrected chi connectivity index (χ1v) is 7.68. The van der Waals surface area contributed by atoms with Gasteiger partial charge in [-0.2, -0.15) is 0 Å². The lowest BCUT2D eigenvalue weighted by Crippen LogP contribution is -2.45. The topological polar surface area (TPSA) is 79.1 Å². The molecule has 2 atom stereocenters. The molecule has 0 bridgehead atoms. The van der Waals surface area contributed by atoms with E-state index in [0.29, 0.717) is 13.1 Å². The first-order chi connectivity index (χ1) is 10.8. The number of carbonyl (C=O) groups is 1. The van der Waals surface area contributed by atoms with Crippen molar-refractivity contribution in [1.29, 1.82) is 0 Å². The maximum absolute atomic E-state index is 11.9. The van der Waals surface area contributed by atoms with Crippen LogP contribution >= 0.6 is 0 Å². The number of ether oxygens (including phenoxy) is 1. The fourth-order valence-electron chi connectivity index (χ4n) is 2.76. The summed E-state index contributed by atoms with van der Waals surface area (Å²) in [4.78, 5) is 18.3. The van der Waals surface area contributed by atoms with Crippen molar-refractivity contribution >= 4 is 17.4 Å². The van der Waals surface area contributed by atoms with Crippen molar-refractivity contribution in [2.24, 2.45) is 0 Å². The van der Waals surface area contributed by atoms with Crippen molar-refractivity contribution in [3.63, 3.8) is 0 Å². The molecule has 0 saturated carbocycles. The lowest BCUT2D eigenvalue weighted by Gasteiger charge is -2.22. The number of aromatic nitrogens is 2. The number of aliphatic hydroxyl groups excluding tert-OH is 1. The van der Waals surface area contributed by atoms with Gasteiger partial charge in [0, 0.05) is 31.7 Å². The van der Waals surface area contributed by atoms with Gasteiger partial charge in [0.05, 0.1) is 17.7 Å². The first kappa shape index (κ1) is 15.6. The summed E-state index contributed by atoms with van der Waals surface area (Å²) in [6.07, 6.45) is 4.37. The van der Waals surface area contributed by atoms with E-state index in [4.69, 9.17) is 4.74 Å². The van der Waals surface area contributed by atoms with E-state index in [-0.39, 0.29) is 6.04 Å². The first-order valence-electron chi connectivity index (χ1n) is 7.68. The van der Waals surface area contributed by atoms with E-state index in [1.54, 1.807) is 27.0 Å². The van der Waals surface area contributed by atoms with E-state index in [1.807, 2.05) is 33.8 Å². The molecule has 0 spiro atoms. The van der Waals surface area contributed by atoms with Gasteiger partial charge in [-0.3, -0.25) is 0 Å². The lowest BCUT2D eigenvalue weighted by atomic mass is 10.2. The summed E-state index contributed by atoms with van der Waals surface area (Å²) in [6, 6.07) is 3.54. The van der Waals surface area contributed by atoms with Crippen molar-refractivity contribution in [3.05, 3.63) is 30.7 Å². The van der Waals surface area contributed by atoms with Gasteiger partial charge in [-0.05, 0) is 32.9 Å². The van der Waals surface area contributed by atoms with Crippen molar-refractivity contribution in [3.8, 4) is 0 Å². The molecule has 7 nitrogen and oxygen atoms in total. The van der Waals surface area contributed by atoms with E-state index in [1.165, 1.54) is 0 Å². The fourth-order valence-corrected chi connectivity index (χ4v) is 2.76. The maximum Gasteiger partial charge on any atom is 0.408 e. The van der Waals surface area contributed by atoms with Crippen molar-refractivity contribution in [1.82, 2.24) is 14.7 Å². The number of nitrogens with one attached hydrogen (secondary N) is 1. The number of amides is 1. The highest BCUT2D eigenvalue weighted by atomic mass is 16.6. The number of anilines is 1. The second kappa shape index (κ2) is 5.73. The van der Waals surface area contributed by atoms with Crippen LogP contribution < -0.4 is 10.2 Å². The van der Waals surface area contributed by atoms with Gasteiger partial charge in [-0.1, -0.05) is 0 Å². The van der Waals surface area contributed by atoms with Crippen LogP contribution in [0.5, 0.6) is 0 Å². The molecular formula is C16H22N4O3. The SMILES string of the molecule is CC(C)(C)OC(=O)NC1CN(c2nccn3cccc23)CC1O. The summed E-state index contributed by atoms with van der Waals surface area (Å²) >= 11 is 0. The monoisotopic (exact) mass is 318 g/mol. The number of rotatable bonds is 2. The van der Waals surface area contributed by atoms with Crippen LogP contribution in [0.2, 0.25) is 0 Å². The third-order valence-electron chi connectivity index (χ3n) is 3.72. The Morgan fingerprint density at radius 3 is 2.91 bits per heavy atom. The second-order valence-corrected chi connectivity index (χ2v) is 6.78. The Balaban J connectivity index is 1.71. The van der Waals surface area contributed by atoms with Gasteiger partial charge in [0.15, 0.2) is 5.82 Å². The minimum Gasteiger partial charge on any atom is -0.444 e. The van der Waals surface area contributed by atoms with Crippen LogP contribution in [0.15, 0.2) is 30.7 Å². The van der Waals surface area contributed by atoms with E-state index >= 15 is 0 Å². The van der Waals surface area contributed by atoms with Crippen LogP contribution in [0.4, 0.5) is 10.6 Å². The van der Waals surface area contributed by atoms with Crippen LogP contribution in [0.3, 0.4) is 0 Å². The summed E-state index contributed by atoms with van der Waals surface area (Å²) in [5, 5.41) is 13.0. The fraction of sp³-hybridized carbons (Fsp3) is 0.500. The van der Waals surface area contributed by atoms with E-state index in [9.17, 15) is 9.90 Å². The Hall–Kier alpha value is -2.28. The molecule has 2 unspecified atom stereocenters. The number of carbonyl (C=O) groups excluding carboxylic acids is 1. The highest BCUT2D eigenvalue weighted by molar-refractivity contribution is 5.71. The van der Waals surface area contributed by atoms with Gasteiger partial charge in [0.1, 0.15) is 5.60 Å². The molecule has 3 heterocycles. The average Bonchev–Trinajstić information content (AvgIpc) is 3.03. The Labute approximate surface area is 134 Å². The molecule has 7 heteroatoms. The maximum atomic E-state index is 11.9. The number of fused-ring (bicyclic) bond motifs is 1. The summed E-state index contributed by atoms with van der Waals surface area (Å²) in [5.41, 5.74) is 0.407. The second-order valence-electron chi connectivity index (χ2n) is 6.78. The quantitative estimate of drug-likeness (QED) is 0.875. The molecule has 23 heavy (non-hydrogen) atoms. The average molecular weight is 318 g/mol. The predicted octanol–water partition coefficient (Wildman–Crippen LogP) is 1.41. The number of β-amino-alcohol motifs (C(OH)–C–C–N with tert-alkyl or cyclic N) is 1. The lowest BCUT2D eigenvalue weighted by molar-refractivity contribution is 0.0461. The smallest absolute Gasteiger partial charge is 0.408 e. The Bertz CT molecular complexity index is 707. The minimum absolute atomic E-state index is 0.387. The van der Waals surface area contributed by atoms with Crippen molar-refractivity contribution in [2.75, 3.05) is 18.0 Å². The van der Waals surface area contributed by atoms with E-state index in [0.717, 1.165) is 11.3 Å². The molecule has 0 aromatic carbocycles. The van der Waals surface area contributed by atoms with Crippen LogP contribution in [0.25, 0.3) is 5.52 Å². The zero-order valence-electron chi connectivity index (χ0n) is 13.6. The number of nitrogens with zero attached hydrogens (tertiary/aromatic N) is 3. The normalized spacial score (nSPS) is 21.7. The molecule has 2 aromatic heterocycles. The highest BCUT2D eigenvalue weighted by Gasteiger charge is 2.34. The molecule has 124 valence electrons. The summed E-state index contributed by atoms with van der Waals surface area (Å²) in [7, 11) is 0. The minimum atomic E-state index is -0.667. The molecule has 2 aromatic rings. The summed E-state index contributed by atoms with van der Waals surface area (Å²) in [6.45, 7) is 6.32. The number of hydrogen-bond donors (Lipinski definition) is 2. The Kier molecular flexibility index (Phi) is 3.89. The molecule has 1 aliphatic heterocycles. The Morgan fingerprint density at radius 1 is 1.39 bits per heavy atom. The molecule has 3 rings (SSSR count). The van der Waals surface area contributed by atoms with Crippen LogP contribution in [-0.2, 0) is 4.74 Å². The molecule has 1 saturated heterocycles. The standard InChI is InChI=1S/C16H22N4O3/c1-16(2,3)23-15(22)18-11-9-20(10-13(11)21)14-12-5-4-7-19(12)8-6-17-14/h4-8,11,13,21H,9-10H2,1-3H3,(H,18,22). The zero-order valence-corrected chi connectivity index (χ0v) is 13.6. The summed E-state index contributed by atoms with van der Waals surface area (Å²) < 4.78 is 7.22. The van der Waals surface area contributed by atoms with E-state index in [2.05, 4.69) is 10.3 Å². The Morgan fingerprint density at radius 2 is 2.17 bits per heavy atom. The van der Waals surface area contributed by atoms with Crippen molar-refractivity contribution in [2.45, 2.75) is 38.5 Å². The van der Waals surface area contributed by atoms with Gasteiger partial charge in [0.2, 0.25) is 0 Å². The molecule has 1 fully saturated rings. The van der Waals surface area contributed by atoms with Gasteiger partial charge in [0.25, 0.3) is 0 Å². The van der Waals surface area contributed by atoms with Gasteiger partial charge in [-0.15, -0.1) is 0 Å². The molecule has 2 N–H and O–H groups in total. The molecule has 0 radical (unpaired) electrons. The van der Waals surface area contributed by atoms with Crippen LogP contribution in [0, 0.1) is 0 Å². The molecule has 0 aliphatic carbocycles. The van der Waals surface area contributed by atoms with Gasteiger partial charge < -0.3 is 24.5 Å². The molecule has 1 aliphatic rings. The zero-order chi connectivity index (χ0) is 16.6. The predicted molar refractivity (Wildman–Crippen MR) is 86.6 cm³/mol. The highest BCUT2D eigenvalue weighted by Crippen LogP contribution is 2.23. The molecular weight excluding hydrogens is 296 g/mol. The third kappa shape index (κ3) is 3.39. The van der Waals surface area contributed by atoms with E-state index < -0.39 is 17.8 Å². The largest absolute Gasteiger partial charge is 0.444 e.